The maximum absolute atomic E-state index is 10.1. The molecule has 0 bridgehead atoms. The SMILES string of the molecule is CN1CCc2c(cc(O)c(O)c2Cl)C(c2ccc3sccc3c2)C1.Cl. The minimum Gasteiger partial charge on any atom is -0.504 e. The number of hydrogen-bond acceptors (Lipinski definition) is 4. The summed E-state index contributed by atoms with van der Waals surface area (Å²) in [4.78, 5) is 2.27. The van der Waals surface area contributed by atoms with Crippen molar-refractivity contribution in [2.45, 2.75) is 12.3 Å². The summed E-state index contributed by atoms with van der Waals surface area (Å²) in [5, 5.41) is 23.7. The number of benzene rings is 2. The van der Waals surface area contributed by atoms with E-state index in [1.165, 1.54) is 15.6 Å². The Morgan fingerprint density at radius 1 is 1.20 bits per heavy atom. The van der Waals surface area contributed by atoms with Gasteiger partial charge < -0.3 is 15.1 Å². The van der Waals surface area contributed by atoms with Crippen molar-refractivity contribution >= 4 is 45.4 Å². The summed E-state index contributed by atoms with van der Waals surface area (Å²) in [5.41, 5.74) is 3.15. The predicted octanol–water partition coefficient (Wildman–Crippen LogP) is 5.01. The predicted molar refractivity (Wildman–Crippen MR) is 107 cm³/mol. The molecule has 1 aliphatic heterocycles. The summed E-state index contributed by atoms with van der Waals surface area (Å²) in [7, 11) is 2.09. The smallest absolute Gasteiger partial charge is 0.176 e. The van der Waals surface area contributed by atoms with Crippen LogP contribution in [-0.2, 0) is 6.42 Å². The average molecular weight is 396 g/mol. The molecule has 3 aromatic rings. The number of aromatic hydroxyl groups is 2. The van der Waals surface area contributed by atoms with E-state index in [0.717, 1.165) is 30.6 Å². The molecule has 1 aromatic heterocycles. The minimum absolute atomic E-state index is 0. The lowest BCUT2D eigenvalue weighted by Crippen LogP contribution is -2.24. The molecule has 132 valence electrons. The molecule has 2 heterocycles. The highest BCUT2D eigenvalue weighted by Crippen LogP contribution is 2.43. The number of rotatable bonds is 1. The van der Waals surface area contributed by atoms with Gasteiger partial charge in [0.25, 0.3) is 0 Å². The van der Waals surface area contributed by atoms with Crippen LogP contribution in [0.25, 0.3) is 10.1 Å². The van der Waals surface area contributed by atoms with Crippen LogP contribution in [0.2, 0.25) is 5.02 Å². The van der Waals surface area contributed by atoms with E-state index in [1.807, 2.05) is 0 Å². The first-order valence-electron chi connectivity index (χ1n) is 7.93. The lowest BCUT2D eigenvalue weighted by molar-refractivity contribution is 0.338. The van der Waals surface area contributed by atoms with E-state index >= 15 is 0 Å². The summed E-state index contributed by atoms with van der Waals surface area (Å²) in [6.07, 6.45) is 0.760. The molecular weight excluding hydrogens is 377 g/mol. The first-order valence-corrected chi connectivity index (χ1v) is 9.19. The molecule has 6 heteroatoms. The quantitative estimate of drug-likeness (QED) is 0.569. The van der Waals surface area contributed by atoms with Gasteiger partial charge >= 0.3 is 0 Å². The van der Waals surface area contributed by atoms with Gasteiger partial charge in [0.05, 0.1) is 5.02 Å². The van der Waals surface area contributed by atoms with Crippen molar-refractivity contribution in [2.75, 3.05) is 20.1 Å². The zero-order chi connectivity index (χ0) is 16.8. The molecule has 0 radical (unpaired) electrons. The number of likely N-dealkylation sites (N-methyl/N-ethyl adjacent to an activating group) is 1. The molecule has 0 spiro atoms. The highest BCUT2D eigenvalue weighted by Gasteiger charge is 2.27. The third-order valence-corrected chi connectivity index (χ3v) is 6.15. The summed E-state index contributed by atoms with van der Waals surface area (Å²) in [5.74, 6) is -0.252. The van der Waals surface area contributed by atoms with Crippen LogP contribution in [0, 0.1) is 0 Å². The van der Waals surface area contributed by atoms with E-state index in [0.29, 0.717) is 0 Å². The highest BCUT2D eigenvalue weighted by molar-refractivity contribution is 7.17. The van der Waals surface area contributed by atoms with Crippen LogP contribution >= 0.6 is 35.3 Å². The third kappa shape index (κ3) is 3.20. The molecule has 25 heavy (non-hydrogen) atoms. The summed E-state index contributed by atoms with van der Waals surface area (Å²) in [6, 6.07) is 10.3. The Bertz CT molecular complexity index is 925. The van der Waals surface area contributed by atoms with Gasteiger partial charge in [-0.05, 0) is 65.2 Å². The maximum atomic E-state index is 10.1. The fraction of sp³-hybridized carbons (Fsp3) is 0.263. The van der Waals surface area contributed by atoms with E-state index in [2.05, 4.69) is 41.6 Å². The first-order chi connectivity index (χ1) is 11.5. The lowest BCUT2D eigenvalue weighted by atomic mass is 9.87. The topological polar surface area (TPSA) is 43.7 Å². The zero-order valence-corrected chi connectivity index (χ0v) is 16.1. The van der Waals surface area contributed by atoms with Crippen LogP contribution in [-0.4, -0.2) is 35.3 Å². The molecule has 0 fully saturated rings. The summed E-state index contributed by atoms with van der Waals surface area (Å²) >= 11 is 8.08. The maximum Gasteiger partial charge on any atom is 0.176 e. The van der Waals surface area contributed by atoms with Crippen molar-refractivity contribution in [1.82, 2.24) is 4.90 Å². The fourth-order valence-electron chi connectivity index (χ4n) is 3.54. The van der Waals surface area contributed by atoms with Crippen LogP contribution in [0.3, 0.4) is 0 Å². The molecule has 2 N–H and O–H groups in total. The number of fused-ring (bicyclic) bond motifs is 2. The molecule has 4 rings (SSSR count). The number of thiophene rings is 1. The Balaban J connectivity index is 0.00000182. The summed E-state index contributed by atoms with van der Waals surface area (Å²) < 4.78 is 1.27. The van der Waals surface area contributed by atoms with Gasteiger partial charge in [0, 0.05) is 23.7 Å². The molecule has 3 nitrogen and oxygen atoms in total. The van der Waals surface area contributed by atoms with Crippen LogP contribution in [0.15, 0.2) is 35.7 Å². The van der Waals surface area contributed by atoms with Crippen molar-refractivity contribution in [2.24, 2.45) is 0 Å². The Labute approximate surface area is 161 Å². The van der Waals surface area contributed by atoms with Gasteiger partial charge in [-0.3, -0.25) is 0 Å². The molecule has 1 aliphatic rings. The van der Waals surface area contributed by atoms with E-state index < -0.39 is 0 Å². The van der Waals surface area contributed by atoms with Gasteiger partial charge in [0.2, 0.25) is 0 Å². The van der Waals surface area contributed by atoms with Crippen molar-refractivity contribution < 1.29 is 10.2 Å². The summed E-state index contributed by atoms with van der Waals surface area (Å²) in [6.45, 7) is 1.72. The second-order valence-electron chi connectivity index (χ2n) is 6.41. The molecule has 0 amide bonds. The van der Waals surface area contributed by atoms with Crippen LogP contribution in [0.5, 0.6) is 11.5 Å². The Morgan fingerprint density at radius 3 is 2.80 bits per heavy atom. The fourth-order valence-corrected chi connectivity index (χ4v) is 4.61. The minimum atomic E-state index is -0.216. The molecule has 1 unspecified atom stereocenters. The molecular formula is C19H19Cl2NO2S. The zero-order valence-electron chi connectivity index (χ0n) is 13.7. The highest BCUT2D eigenvalue weighted by atomic mass is 35.5. The van der Waals surface area contributed by atoms with Crippen LogP contribution in [0.4, 0.5) is 0 Å². The van der Waals surface area contributed by atoms with E-state index in [-0.39, 0.29) is 34.8 Å². The Morgan fingerprint density at radius 2 is 2.00 bits per heavy atom. The molecule has 0 saturated carbocycles. The van der Waals surface area contributed by atoms with Gasteiger partial charge in [0.1, 0.15) is 0 Å². The Hall–Kier alpha value is -1.46. The van der Waals surface area contributed by atoms with E-state index in [9.17, 15) is 10.2 Å². The van der Waals surface area contributed by atoms with Gasteiger partial charge in [-0.1, -0.05) is 17.7 Å². The van der Waals surface area contributed by atoms with Crippen molar-refractivity contribution in [1.29, 1.82) is 0 Å². The first kappa shape index (κ1) is 18.3. The second kappa shape index (κ2) is 7.04. The normalized spacial score (nSPS) is 17.8. The van der Waals surface area contributed by atoms with Crippen molar-refractivity contribution in [3.05, 3.63) is 57.4 Å². The average Bonchev–Trinajstić information content (AvgIpc) is 2.97. The van der Waals surface area contributed by atoms with E-state index in [4.69, 9.17) is 11.6 Å². The van der Waals surface area contributed by atoms with Crippen molar-refractivity contribution in [3.8, 4) is 11.5 Å². The molecule has 1 atom stereocenters. The number of nitrogens with zero attached hydrogens (tertiary/aromatic N) is 1. The van der Waals surface area contributed by atoms with Gasteiger partial charge in [-0.25, -0.2) is 0 Å². The van der Waals surface area contributed by atoms with Gasteiger partial charge in [0.15, 0.2) is 11.5 Å². The number of phenols is 2. The monoisotopic (exact) mass is 395 g/mol. The van der Waals surface area contributed by atoms with Gasteiger partial charge in [-0.2, -0.15) is 0 Å². The number of halogens is 2. The lowest BCUT2D eigenvalue weighted by Gasteiger charge is -2.22. The van der Waals surface area contributed by atoms with Crippen LogP contribution in [0.1, 0.15) is 22.6 Å². The number of hydrogen-bond donors (Lipinski definition) is 2. The molecule has 2 aromatic carbocycles. The Kier molecular flexibility index (Phi) is 5.16. The second-order valence-corrected chi connectivity index (χ2v) is 7.73. The van der Waals surface area contributed by atoms with Crippen molar-refractivity contribution in [3.63, 3.8) is 0 Å². The standard InChI is InChI=1S/C19H18ClNO2S.ClH/c1-21-6-4-13-14(9-16(22)19(23)18(13)20)15(10-21)11-2-3-17-12(8-11)5-7-24-17;/h2-3,5,7-9,15,22-23H,4,6,10H2,1H3;1H. The van der Waals surface area contributed by atoms with Gasteiger partial charge in [-0.15, -0.1) is 23.7 Å². The third-order valence-electron chi connectivity index (χ3n) is 4.85. The molecule has 0 saturated heterocycles. The van der Waals surface area contributed by atoms with E-state index in [1.54, 1.807) is 17.4 Å². The molecule has 0 aliphatic carbocycles. The van der Waals surface area contributed by atoms with Crippen LogP contribution < -0.4 is 0 Å². The largest absolute Gasteiger partial charge is 0.504 e. The number of phenolic OH excluding ortho intramolecular Hbond substituents is 2.